The first-order chi connectivity index (χ1) is 10.2. The molecule has 1 aromatic rings. The number of hydrogen-bond acceptors (Lipinski definition) is 6. The van der Waals surface area contributed by atoms with E-state index in [9.17, 15) is 4.79 Å². The molecule has 0 aliphatic carbocycles. The third-order valence-corrected chi connectivity index (χ3v) is 4.03. The minimum absolute atomic E-state index is 0.336. The molecule has 1 atom stereocenters. The van der Waals surface area contributed by atoms with Crippen LogP contribution in [-0.2, 0) is 9.53 Å². The van der Waals surface area contributed by atoms with Crippen LogP contribution in [0, 0.1) is 0 Å². The average Bonchev–Trinajstić information content (AvgIpc) is 2.72. The Balaban J connectivity index is 1.83. The first-order valence-corrected chi connectivity index (χ1v) is 8.14. The smallest absolute Gasteiger partial charge is 0.322 e. The fourth-order valence-electron chi connectivity index (χ4n) is 1.90. The first kappa shape index (κ1) is 16.0. The number of thioether (sulfide) groups is 1. The Bertz CT molecular complexity index is 481. The van der Waals surface area contributed by atoms with E-state index in [4.69, 9.17) is 19.9 Å². The lowest BCUT2D eigenvalue weighted by molar-refractivity contribution is -0.144. The molecule has 1 heterocycles. The van der Waals surface area contributed by atoms with Gasteiger partial charge in [-0.1, -0.05) is 0 Å². The number of carbonyl (C=O) groups excluding carboxylic acids is 1. The van der Waals surface area contributed by atoms with Gasteiger partial charge in [-0.05, 0) is 31.5 Å². The number of esters is 1. The molecule has 0 amide bonds. The summed E-state index contributed by atoms with van der Waals surface area (Å²) in [6, 6.07) is 5.33. The van der Waals surface area contributed by atoms with Gasteiger partial charge < -0.3 is 19.9 Å². The molecule has 0 saturated carbocycles. The fraction of sp³-hybridized carbons (Fsp3) is 0.533. The van der Waals surface area contributed by atoms with E-state index in [1.807, 2.05) is 18.2 Å². The van der Waals surface area contributed by atoms with Crippen LogP contribution in [0.25, 0.3) is 0 Å². The zero-order chi connectivity index (χ0) is 15.1. The van der Waals surface area contributed by atoms with Gasteiger partial charge in [0.25, 0.3) is 0 Å². The summed E-state index contributed by atoms with van der Waals surface area (Å²) < 4.78 is 16.1. The van der Waals surface area contributed by atoms with Gasteiger partial charge in [0.2, 0.25) is 0 Å². The van der Waals surface area contributed by atoms with E-state index in [0.29, 0.717) is 26.2 Å². The molecule has 0 radical (unpaired) electrons. The van der Waals surface area contributed by atoms with Crippen molar-refractivity contribution in [3.05, 3.63) is 18.2 Å². The van der Waals surface area contributed by atoms with Gasteiger partial charge in [-0.3, -0.25) is 4.79 Å². The van der Waals surface area contributed by atoms with E-state index in [1.54, 1.807) is 18.7 Å². The Kier molecular flexibility index (Phi) is 6.20. The molecule has 21 heavy (non-hydrogen) atoms. The number of rotatable bonds is 6. The van der Waals surface area contributed by atoms with Crippen molar-refractivity contribution in [3.63, 3.8) is 0 Å². The molecule has 116 valence electrons. The van der Waals surface area contributed by atoms with Crippen molar-refractivity contribution >= 4 is 17.7 Å². The molecule has 1 aromatic carbocycles. The van der Waals surface area contributed by atoms with Gasteiger partial charge in [-0.25, -0.2) is 0 Å². The van der Waals surface area contributed by atoms with Crippen LogP contribution >= 0.6 is 11.8 Å². The molecule has 0 bridgehead atoms. The summed E-state index contributed by atoms with van der Waals surface area (Å²) in [5.41, 5.74) is 5.77. The molecule has 1 aliphatic rings. The van der Waals surface area contributed by atoms with Crippen LogP contribution in [0.4, 0.5) is 0 Å². The van der Waals surface area contributed by atoms with E-state index in [-0.39, 0.29) is 5.97 Å². The van der Waals surface area contributed by atoms with Crippen LogP contribution in [-0.4, -0.2) is 37.6 Å². The van der Waals surface area contributed by atoms with Gasteiger partial charge in [0, 0.05) is 17.1 Å². The lowest BCUT2D eigenvalue weighted by atomic mass is 10.2. The highest BCUT2D eigenvalue weighted by Crippen LogP contribution is 2.34. The summed E-state index contributed by atoms with van der Waals surface area (Å²) in [6.07, 6.45) is 1.48. The summed E-state index contributed by atoms with van der Waals surface area (Å²) in [5.74, 6) is 1.99. The third-order valence-electron chi connectivity index (χ3n) is 3.01. The summed E-state index contributed by atoms with van der Waals surface area (Å²) in [7, 11) is 0. The lowest BCUT2D eigenvalue weighted by Crippen LogP contribution is -2.32. The second-order valence-corrected chi connectivity index (χ2v) is 5.82. The van der Waals surface area contributed by atoms with Crippen LogP contribution in [0.5, 0.6) is 11.5 Å². The van der Waals surface area contributed by atoms with E-state index < -0.39 is 6.04 Å². The third kappa shape index (κ3) is 4.82. The molecule has 2 rings (SSSR count). The molecule has 0 saturated heterocycles. The highest BCUT2D eigenvalue weighted by molar-refractivity contribution is 7.99. The Morgan fingerprint density at radius 2 is 2.14 bits per heavy atom. The molecule has 6 heteroatoms. The lowest BCUT2D eigenvalue weighted by Gasteiger charge is -2.11. The maximum absolute atomic E-state index is 11.4. The molecular formula is C15H21NO4S. The van der Waals surface area contributed by atoms with Crippen molar-refractivity contribution in [1.82, 2.24) is 0 Å². The maximum Gasteiger partial charge on any atom is 0.322 e. The monoisotopic (exact) mass is 311 g/mol. The van der Waals surface area contributed by atoms with Gasteiger partial charge in [0.05, 0.1) is 19.8 Å². The molecule has 0 spiro atoms. The second-order valence-electron chi connectivity index (χ2n) is 4.65. The maximum atomic E-state index is 11.4. The van der Waals surface area contributed by atoms with Crippen LogP contribution in [0.15, 0.2) is 23.1 Å². The van der Waals surface area contributed by atoms with Gasteiger partial charge in [-0.2, -0.15) is 0 Å². The summed E-state index contributed by atoms with van der Waals surface area (Å²) in [4.78, 5) is 12.5. The average molecular weight is 311 g/mol. The molecule has 1 aliphatic heterocycles. The van der Waals surface area contributed by atoms with Gasteiger partial charge in [0.1, 0.15) is 6.04 Å². The second kappa shape index (κ2) is 8.14. The van der Waals surface area contributed by atoms with Gasteiger partial charge >= 0.3 is 5.97 Å². The Labute approximate surface area is 129 Å². The standard InChI is InChI=1S/C15H21NO4S/c1-2-18-15(17)12(16)6-9-21-11-4-5-13-14(10-11)20-8-3-7-19-13/h4-5,10,12H,2-3,6-9,16H2,1H3. The minimum Gasteiger partial charge on any atom is -0.490 e. The number of carbonyl (C=O) groups is 1. The van der Waals surface area contributed by atoms with Crippen molar-refractivity contribution in [2.24, 2.45) is 5.73 Å². The normalized spacial score (nSPS) is 15.1. The fourth-order valence-corrected chi connectivity index (χ4v) is 2.87. The molecule has 1 unspecified atom stereocenters. The van der Waals surface area contributed by atoms with Gasteiger partial charge in [-0.15, -0.1) is 11.8 Å². The van der Waals surface area contributed by atoms with Gasteiger partial charge in [0.15, 0.2) is 11.5 Å². The van der Waals surface area contributed by atoms with Crippen molar-refractivity contribution in [2.45, 2.75) is 30.7 Å². The molecule has 2 N–H and O–H groups in total. The zero-order valence-corrected chi connectivity index (χ0v) is 13.0. The van der Waals surface area contributed by atoms with Crippen molar-refractivity contribution in [1.29, 1.82) is 0 Å². The Morgan fingerprint density at radius 3 is 2.90 bits per heavy atom. The van der Waals surface area contributed by atoms with Crippen LogP contribution < -0.4 is 15.2 Å². The van der Waals surface area contributed by atoms with Crippen LogP contribution in [0.2, 0.25) is 0 Å². The van der Waals surface area contributed by atoms with Crippen molar-refractivity contribution in [2.75, 3.05) is 25.6 Å². The molecular weight excluding hydrogens is 290 g/mol. The van der Waals surface area contributed by atoms with Crippen molar-refractivity contribution < 1.29 is 19.0 Å². The summed E-state index contributed by atoms with van der Waals surface area (Å²) in [6.45, 7) is 3.50. The van der Waals surface area contributed by atoms with Crippen molar-refractivity contribution in [3.8, 4) is 11.5 Å². The van der Waals surface area contributed by atoms with E-state index in [2.05, 4.69) is 0 Å². The summed E-state index contributed by atoms with van der Waals surface area (Å²) >= 11 is 1.64. The quantitative estimate of drug-likeness (QED) is 0.641. The number of ether oxygens (including phenoxy) is 3. The highest BCUT2D eigenvalue weighted by Gasteiger charge is 2.15. The number of hydrogen-bond donors (Lipinski definition) is 1. The molecule has 0 aromatic heterocycles. The predicted octanol–water partition coefficient (Wildman–Crippen LogP) is 2.22. The topological polar surface area (TPSA) is 70.8 Å². The Morgan fingerprint density at radius 1 is 1.38 bits per heavy atom. The minimum atomic E-state index is -0.558. The van der Waals surface area contributed by atoms with E-state index in [0.717, 1.165) is 28.6 Å². The summed E-state index contributed by atoms with van der Waals surface area (Å²) in [5, 5.41) is 0. The number of benzene rings is 1. The van der Waals surface area contributed by atoms with E-state index >= 15 is 0 Å². The predicted molar refractivity (Wildman–Crippen MR) is 82.0 cm³/mol. The zero-order valence-electron chi connectivity index (χ0n) is 12.2. The first-order valence-electron chi connectivity index (χ1n) is 7.15. The van der Waals surface area contributed by atoms with E-state index in [1.165, 1.54) is 0 Å². The Hall–Kier alpha value is -1.40. The molecule has 0 fully saturated rings. The number of nitrogens with two attached hydrogens (primary N) is 1. The largest absolute Gasteiger partial charge is 0.490 e. The van der Waals surface area contributed by atoms with Crippen LogP contribution in [0.3, 0.4) is 0 Å². The SMILES string of the molecule is CCOC(=O)C(N)CCSc1ccc2c(c1)OCCCO2. The highest BCUT2D eigenvalue weighted by atomic mass is 32.2. The molecule has 5 nitrogen and oxygen atoms in total. The van der Waals surface area contributed by atoms with Crippen LogP contribution in [0.1, 0.15) is 19.8 Å². The number of fused-ring (bicyclic) bond motifs is 1.